The number of nitrogens with zero attached hydrogens (tertiary/aromatic N) is 2. The Morgan fingerprint density at radius 1 is 1.15 bits per heavy atom. The Hall–Kier alpha value is -1.84. The fourth-order valence-electron chi connectivity index (χ4n) is 5.13. The lowest BCUT2D eigenvalue weighted by atomic mass is 9.72. The normalized spacial score (nSPS) is 27.1. The molecule has 3 fully saturated rings. The Morgan fingerprint density at radius 2 is 1.89 bits per heavy atom. The van der Waals surface area contributed by atoms with E-state index >= 15 is 0 Å². The summed E-state index contributed by atoms with van der Waals surface area (Å²) in [5.74, 6) is 1.63. The number of rotatable bonds is 5. The second kappa shape index (κ2) is 7.65. The second-order valence-corrected chi connectivity index (χ2v) is 8.95. The van der Waals surface area contributed by atoms with Gasteiger partial charge in [0.15, 0.2) is 0 Å². The smallest absolute Gasteiger partial charge is 0.225 e. The number of piperidine rings is 2. The van der Waals surface area contributed by atoms with E-state index in [1.807, 2.05) is 18.2 Å². The molecule has 1 aromatic carbocycles. The molecule has 1 spiro atoms. The lowest BCUT2D eigenvalue weighted by Crippen LogP contribution is -2.52. The molecule has 1 saturated carbocycles. The highest BCUT2D eigenvalue weighted by Gasteiger charge is 2.47. The van der Waals surface area contributed by atoms with Crippen LogP contribution in [-0.4, -0.2) is 41.2 Å². The summed E-state index contributed by atoms with van der Waals surface area (Å²) in [6.45, 7) is 5.52. The van der Waals surface area contributed by atoms with Crippen molar-refractivity contribution in [1.82, 2.24) is 9.80 Å². The first kappa shape index (κ1) is 18.5. The van der Waals surface area contributed by atoms with Gasteiger partial charge < -0.3 is 9.80 Å². The average Bonchev–Trinajstić information content (AvgIpc) is 3.45. The van der Waals surface area contributed by atoms with Crippen molar-refractivity contribution in [3.63, 3.8) is 0 Å². The molecule has 2 aliphatic heterocycles. The fraction of sp³-hybridized carbons (Fsp3) is 0.652. The van der Waals surface area contributed by atoms with Gasteiger partial charge in [0.2, 0.25) is 11.8 Å². The average molecular weight is 369 g/mol. The summed E-state index contributed by atoms with van der Waals surface area (Å²) >= 11 is 0. The van der Waals surface area contributed by atoms with E-state index in [-0.39, 0.29) is 11.3 Å². The van der Waals surface area contributed by atoms with Crippen LogP contribution in [0.15, 0.2) is 30.3 Å². The number of amides is 2. The minimum absolute atomic E-state index is 0.214. The Morgan fingerprint density at radius 3 is 2.59 bits per heavy atom. The number of hydrogen-bond acceptors (Lipinski definition) is 2. The van der Waals surface area contributed by atoms with Gasteiger partial charge in [-0.3, -0.25) is 9.59 Å². The summed E-state index contributed by atoms with van der Waals surface area (Å²) in [4.78, 5) is 29.4. The van der Waals surface area contributed by atoms with Crippen LogP contribution in [0.5, 0.6) is 0 Å². The van der Waals surface area contributed by atoms with Gasteiger partial charge in [0.25, 0.3) is 0 Å². The highest BCUT2D eigenvalue weighted by molar-refractivity contribution is 5.82. The SMILES string of the molecule is CCC[C@H]1C[C@H]1C(=O)N1CCC2(CCC(=O)N(Cc3ccccc3)C2)CC1. The van der Waals surface area contributed by atoms with Gasteiger partial charge in [-0.1, -0.05) is 43.7 Å². The van der Waals surface area contributed by atoms with Gasteiger partial charge in [0, 0.05) is 38.5 Å². The van der Waals surface area contributed by atoms with Crippen LogP contribution in [0.25, 0.3) is 0 Å². The number of likely N-dealkylation sites (tertiary alicyclic amines) is 2. The number of carbonyl (C=O) groups excluding carboxylic acids is 2. The van der Waals surface area contributed by atoms with Crippen molar-refractivity contribution in [2.24, 2.45) is 17.3 Å². The molecule has 3 aliphatic rings. The van der Waals surface area contributed by atoms with Crippen molar-refractivity contribution in [2.75, 3.05) is 19.6 Å². The monoisotopic (exact) mass is 368 g/mol. The van der Waals surface area contributed by atoms with Crippen LogP contribution in [0, 0.1) is 17.3 Å². The minimum Gasteiger partial charge on any atom is -0.342 e. The van der Waals surface area contributed by atoms with E-state index < -0.39 is 0 Å². The van der Waals surface area contributed by atoms with Crippen LogP contribution >= 0.6 is 0 Å². The van der Waals surface area contributed by atoms with Crippen LogP contribution in [-0.2, 0) is 16.1 Å². The fourth-order valence-corrected chi connectivity index (χ4v) is 5.13. The third kappa shape index (κ3) is 4.04. The zero-order chi connectivity index (χ0) is 18.9. The molecule has 0 bridgehead atoms. The minimum atomic E-state index is 0.214. The van der Waals surface area contributed by atoms with E-state index in [2.05, 4.69) is 28.9 Å². The predicted molar refractivity (Wildman–Crippen MR) is 106 cm³/mol. The molecule has 1 aromatic rings. The summed E-state index contributed by atoms with van der Waals surface area (Å²) in [7, 11) is 0. The second-order valence-electron chi connectivity index (χ2n) is 8.95. The van der Waals surface area contributed by atoms with Gasteiger partial charge in [-0.15, -0.1) is 0 Å². The topological polar surface area (TPSA) is 40.6 Å². The predicted octanol–water partition coefficient (Wildman–Crippen LogP) is 3.85. The first-order chi connectivity index (χ1) is 13.1. The molecule has 27 heavy (non-hydrogen) atoms. The van der Waals surface area contributed by atoms with Crippen molar-refractivity contribution in [3.8, 4) is 0 Å². The van der Waals surface area contributed by atoms with Crippen molar-refractivity contribution in [3.05, 3.63) is 35.9 Å². The summed E-state index contributed by atoms with van der Waals surface area (Å²) in [6, 6.07) is 10.3. The van der Waals surface area contributed by atoms with Gasteiger partial charge in [-0.25, -0.2) is 0 Å². The number of carbonyl (C=O) groups is 2. The summed E-state index contributed by atoms with van der Waals surface area (Å²) in [6.07, 6.45) is 7.22. The molecule has 0 radical (unpaired) electrons. The van der Waals surface area contributed by atoms with E-state index in [4.69, 9.17) is 0 Å². The first-order valence-electron chi connectivity index (χ1n) is 10.7. The lowest BCUT2D eigenvalue weighted by molar-refractivity contribution is -0.143. The van der Waals surface area contributed by atoms with Gasteiger partial charge >= 0.3 is 0 Å². The molecule has 2 amide bonds. The highest BCUT2D eigenvalue weighted by Crippen LogP contribution is 2.45. The maximum atomic E-state index is 12.7. The van der Waals surface area contributed by atoms with E-state index in [1.54, 1.807) is 0 Å². The standard InChI is InChI=1S/C23H32N2O2/c1-2-6-19-15-20(19)22(27)24-13-11-23(12-14-24)10-9-21(26)25(17-23)16-18-7-4-3-5-8-18/h3-5,7-8,19-20H,2,6,9-17H2,1H3/t19-,20+/m0/s1. The molecule has 146 valence electrons. The highest BCUT2D eigenvalue weighted by atomic mass is 16.2. The number of benzene rings is 1. The maximum Gasteiger partial charge on any atom is 0.225 e. The van der Waals surface area contributed by atoms with E-state index in [0.29, 0.717) is 30.7 Å². The van der Waals surface area contributed by atoms with Crippen LogP contribution in [0.3, 0.4) is 0 Å². The first-order valence-corrected chi connectivity index (χ1v) is 10.7. The molecule has 2 heterocycles. The zero-order valence-corrected chi connectivity index (χ0v) is 16.5. The molecule has 1 aliphatic carbocycles. The van der Waals surface area contributed by atoms with E-state index in [0.717, 1.165) is 45.3 Å². The van der Waals surface area contributed by atoms with Crippen LogP contribution < -0.4 is 0 Å². The van der Waals surface area contributed by atoms with E-state index in [1.165, 1.54) is 18.4 Å². The quantitative estimate of drug-likeness (QED) is 0.792. The summed E-state index contributed by atoms with van der Waals surface area (Å²) in [5, 5.41) is 0. The van der Waals surface area contributed by atoms with Crippen LogP contribution in [0.4, 0.5) is 0 Å². The van der Waals surface area contributed by atoms with Crippen molar-refractivity contribution in [1.29, 1.82) is 0 Å². The van der Waals surface area contributed by atoms with Crippen molar-refractivity contribution >= 4 is 11.8 Å². The van der Waals surface area contributed by atoms with Crippen molar-refractivity contribution in [2.45, 2.75) is 58.4 Å². The summed E-state index contributed by atoms with van der Waals surface area (Å²) in [5.41, 5.74) is 1.41. The molecule has 0 aromatic heterocycles. The molecular formula is C23H32N2O2. The Kier molecular flexibility index (Phi) is 5.25. The Bertz CT molecular complexity index is 679. The van der Waals surface area contributed by atoms with Gasteiger partial charge in [0.05, 0.1) is 0 Å². The molecule has 2 atom stereocenters. The van der Waals surface area contributed by atoms with Gasteiger partial charge in [-0.2, -0.15) is 0 Å². The molecular weight excluding hydrogens is 336 g/mol. The maximum absolute atomic E-state index is 12.7. The van der Waals surface area contributed by atoms with Gasteiger partial charge in [0.1, 0.15) is 0 Å². The molecule has 4 rings (SSSR count). The van der Waals surface area contributed by atoms with Crippen LogP contribution in [0.1, 0.15) is 57.4 Å². The molecule has 0 N–H and O–H groups in total. The third-order valence-corrected chi connectivity index (χ3v) is 7.00. The summed E-state index contributed by atoms with van der Waals surface area (Å²) < 4.78 is 0. The van der Waals surface area contributed by atoms with Gasteiger partial charge in [-0.05, 0) is 49.0 Å². The number of hydrogen-bond donors (Lipinski definition) is 0. The molecule has 2 saturated heterocycles. The Balaban J connectivity index is 1.33. The third-order valence-electron chi connectivity index (χ3n) is 7.00. The lowest BCUT2D eigenvalue weighted by Gasteiger charge is -2.47. The largest absolute Gasteiger partial charge is 0.342 e. The van der Waals surface area contributed by atoms with E-state index in [9.17, 15) is 9.59 Å². The molecule has 0 unspecified atom stereocenters. The molecule has 4 heteroatoms. The molecule has 4 nitrogen and oxygen atoms in total. The Labute approximate surface area is 162 Å². The van der Waals surface area contributed by atoms with Crippen LogP contribution in [0.2, 0.25) is 0 Å². The zero-order valence-electron chi connectivity index (χ0n) is 16.5. The van der Waals surface area contributed by atoms with Crippen molar-refractivity contribution < 1.29 is 9.59 Å².